The van der Waals surface area contributed by atoms with E-state index in [0.29, 0.717) is 31.9 Å². The number of rotatable bonds is 2. The van der Waals surface area contributed by atoms with Crippen molar-refractivity contribution in [3.05, 3.63) is 5.82 Å². The normalized spacial score (nSPS) is 28.2. The van der Waals surface area contributed by atoms with Crippen molar-refractivity contribution in [1.29, 1.82) is 0 Å². The fourth-order valence-electron chi connectivity index (χ4n) is 1.42. The van der Waals surface area contributed by atoms with Crippen LogP contribution in [0.25, 0.3) is 0 Å². The Hall–Kier alpha value is -1.01. The molecular formula is C7H12N4O2. The summed E-state index contributed by atoms with van der Waals surface area (Å²) in [5.41, 5.74) is -0.789. The summed E-state index contributed by atoms with van der Waals surface area (Å²) >= 11 is 0. The van der Waals surface area contributed by atoms with Crippen molar-refractivity contribution in [2.75, 3.05) is 13.2 Å². The Morgan fingerprint density at radius 3 is 3.08 bits per heavy atom. The van der Waals surface area contributed by atoms with Crippen LogP contribution < -0.4 is 0 Å². The average Bonchev–Trinajstić information content (AvgIpc) is 2.62. The topological polar surface area (TPSA) is 73.1 Å². The highest BCUT2D eigenvalue weighted by molar-refractivity contribution is 4.93. The Morgan fingerprint density at radius 1 is 1.69 bits per heavy atom. The first-order valence-electron chi connectivity index (χ1n) is 4.21. The van der Waals surface area contributed by atoms with Gasteiger partial charge in [0.2, 0.25) is 0 Å². The van der Waals surface area contributed by atoms with Gasteiger partial charge in [0, 0.05) is 19.4 Å². The number of hydrogen-bond donors (Lipinski definition) is 1. The smallest absolute Gasteiger partial charge is 0.177 e. The van der Waals surface area contributed by atoms with E-state index in [9.17, 15) is 5.11 Å². The van der Waals surface area contributed by atoms with Gasteiger partial charge in [0.1, 0.15) is 0 Å². The average molecular weight is 184 g/mol. The van der Waals surface area contributed by atoms with Crippen molar-refractivity contribution >= 4 is 0 Å². The molecule has 1 aliphatic rings. The van der Waals surface area contributed by atoms with Gasteiger partial charge in [-0.1, -0.05) is 0 Å². The number of aryl methyl sites for hydroxylation is 1. The molecule has 2 heterocycles. The zero-order valence-corrected chi connectivity index (χ0v) is 7.47. The molecule has 1 aromatic rings. The lowest BCUT2D eigenvalue weighted by Gasteiger charge is -2.17. The van der Waals surface area contributed by atoms with Crippen molar-refractivity contribution in [3.8, 4) is 0 Å². The zero-order chi connectivity index (χ0) is 9.31. The van der Waals surface area contributed by atoms with Gasteiger partial charge in [-0.3, -0.25) is 0 Å². The summed E-state index contributed by atoms with van der Waals surface area (Å²) in [6.07, 6.45) is 1.06. The molecule has 1 aromatic heterocycles. The molecule has 6 heteroatoms. The Balaban J connectivity index is 2.04. The predicted molar refractivity (Wildman–Crippen MR) is 42.9 cm³/mol. The highest BCUT2D eigenvalue weighted by Crippen LogP contribution is 2.21. The SMILES string of the molecule is Cn1nnc(CC2(O)CCOC2)n1. The molecule has 0 spiro atoms. The summed E-state index contributed by atoms with van der Waals surface area (Å²) in [7, 11) is 1.70. The van der Waals surface area contributed by atoms with Crippen LogP contribution in [0.5, 0.6) is 0 Å². The second kappa shape index (κ2) is 3.04. The summed E-state index contributed by atoms with van der Waals surface area (Å²) < 4.78 is 5.11. The molecule has 0 radical (unpaired) electrons. The maximum atomic E-state index is 9.91. The number of nitrogens with zero attached hydrogens (tertiary/aromatic N) is 4. The number of aliphatic hydroxyl groups is 1. The minimum atomic E-state index is -0.789. The molecule has 1 aliphatic heterocycles. The predicted octanol–water partition coefficient (Wildman–Crippen LogP) is -1.10. The van der Waals surface area contributed by atoms with Crippen LogP contribution in [0.15, 0.2) is 0 Å². The summed E-state index contributed by atoms with van der Waals surface area (Å²) in [6, 6.07) is 0. The van der Waals surface area contributed by atoms with Gasteiger partial charge < -0.3 is 9.84 Å². The number of hydrogen-bond acceptors (Lipinski definition) is 5. The Labute approximate surface area is 75.5 Å². The Kier molecular flexibility index (Phi) is 2.01. The molecule has 0 amide bonds. The van der Waals surface area contributed by atoms with Crippen molar-refractivity contribution in [3.63, 3.8) is 0 Å². The largest absolute Gasteiger partial charge is 0.387 e. The Bertz CT molecular complexity index is 292. The van der Waals surface area contributed by atoms with Gasteiger partial charge in [-0.25, -0.2) is 0 Å². The van der Waals surface area contributed by atoms with Crippen LogP contribution >= 0.6 is 0 Å². The third-order valence-electron chi connectivity index (χ3n) is 2.12. The number of aromatic nitrogens is 4. The minimum absolute atomic E-state index is 0.366. The first-order chi connectivity index (χ1) is 6.18. The van der Waals surface area contributed by atoms with E-state index in [1.165, 1.54) is 4.80 Å². The molecule has 2 rings (SSSR count). The van der Waals surface area contributed by atoms with Crippen molar-refractivity contribution in [2.24, 2.45) is 7.05 Å². The molecule has 0 saturated carbocycles. The van der Waals surface area contributed by atoms with E-state index in [4.69, 9.17) is 4.74 Å². The molecule has 1 N–H and O–H groups in total. The van der Waals surface area contributed by atoms with E-state index in [0.717, 1.165) is 0 Å². The first kappa shape index (κ1) is 8.58. The lowest BCUT2D eigenvalue weighted by molar-refractivity contribution is 0.0253. The molecule has 1 unspecified atom stereocenters. The van der Waals surface area contributed by atoms with Crippen molar-refractivity contribution in [2.45, 2.75) is 18.4 Å². The first-order valence-corrected chi connectivity index (χ1v) is 4.21. The van der Waals surface area contributed by atoms with Gasteiger partial charge in [0.15, 0.2) is 5.82 Å². The van der Waals surface area contributed by atoms with Gasteiger partial charge in [-0.2, -0.15) is 4.80 Å². The van der Waals surface area contributed by atoms with E-state index < -0.39 is 5.60 Å². The second-order valence-corrected chi connectivity index (χ2v) is 3.40. The van der Waals surface area contributed by atoms with Gasteiger partial charge in [0.05, 0.1) is 19.3 Å². The molecule has 0 aliphatic carbocycles. The summed E-state index contributed by atoms with van der Waals surface area (Å²) in [4.78, 5) is 1.38. The maximum absolute atomic E-state index is 9.91. The molecule has 1 fully saturated rings. The third-order valence-corrected chi connectivity index (χ3v) is 2.12. The fourth-order valence-corrected chi connectivity index (χ4v) is 1.42. The monoisotopic (exact) mass is 184 g/mol. The van der Waals surface area contributed by atoms with Crippen LogP contribution in [0.2, 0.25) is 0 Å². The van der Waals surface area contributed by atoms with Gasteiger partial charge in [0.25, 0.3) is 0 Å². The quantitative estimate of drug-likeness (QED) is 0.632. The van der Waals surface area contributed by atoms with E-state index in [1.54, 1.807) is 7.05 Å². The van der Waals surface area contributed by atoms with E-state index in [-0.39, 0.29) is 0 Å². The minimum Gasteiger partial charge on any atom is -0.387 e. The Morgan fingerprint density at radius 2 is 2.54 bits per heavy atom. The molecule has 13 heavy (non-hydrogen) atoms. The lowest BCUT2D eigenvalue weighted by Crippen LogP contribution is -2.32. The van der Waals surface area contributed by atoms with Crippen LogP contribution in [0.1, 0.15) is 12.2 Å². The molecule has 1 atom stereocenters. The van der Waals surface area contributed by atoms with Crippen LogP contribution in [0, 0.1) is 0 Å². The molecule has 0 aromatic carbocycles. The highest BCUT2D eigenvalue weighted by atomic mass is 16.5. The van der Waals surface area contributed by atoms with Crippen molar-refractivity contribution < 1.29 is 9.84 Å². The van der Waals surface area contributed by atoms with Gasteiger partial charge >= 0.3 is 0 Å². The van der Waals surface area contributed by atoms with Crippen LogP contribution in [0.4, 0.5) is 0 Å². The molecule has 6 nitrogen and oxygen atoms in total. The summed E-state index contributed by atoms with van der Waals surface area (Å²) in [6.45, 7) is 0.974. The summed E-state index contributed by atoms with van der Waals surface area (Å²) in [5.74, 6) is 0.565. The van der Waals surface area contributed by atoms with Crippen molar-refractivity contribution in [1.82, 2.24) is 20.2 Å². The second-order valence-electron chi connectivity index (χ2n) is 3.40. The van der Waals surface area contributed by atoms with E-state index in [2.05, 4.69) is 15.4 Å². The zero-order valence-electron chi connectivity index (χ0n) is 7.47. The number of ether oxygens (including phenoxy) is 1. The van der Waals surface area contributed by atoms with E-state index in [1.807, 2.05) is 0 Å². The van der Waals surface area contributed by atoms with Crippen LogP contribution in [0.3, 0.4) is 0 Å². The third kappa shape index (κ3) is 1.84. The fraction of sp³-hybridized carbons (Fsp3) is 0.857. The standard InChI is InChI=1S/C7H12N4O2/c1-11-9-6(8-10-11)4-7(12)2-3-13-5-7/h12H,2-5H2,1H3. The lowest BCUT2D eigenvalue weighted by atomic mass is 9.99. The van der Waals surface area contributed by atoms with Gasteiger partial charge in [-0.15, -0.1) is 10.2 Å². The van der Waals surface area contributed by atoms with Gasteiger partial charge in [-0.05, 0) is 5.21 Å². The molecular weight excluding hydrogens is 172 g/mol. The summed E-state index contributed by atoms with van der Waals surface area (Å²) in [5, 5.41) is 21.4. The number of tetrazole rings is 1. The molecule has 1 saturated heterocycles. The highest BCUT2D eigenvalue weighted by Gasteiger charge is 2.33. The van der Waals surface area contributed by atoms with Crippen LogP contribution in [-0.2, 0) is 18.2 Å². The van der Waals surface area contributed by atoms with Crippen LogP contribution in [-0.4, -0.2) is 44.1 Å². The molecule has 0 bridgehead atoms. The molecule has 72 valence electrons. The van der Waals surface area contributed by atoms with E-state index >= 15 is 0 Å². The maximum Gasteiger partial charge on any atom is 0.177 e.